The highest BCUT2D eigenvalue weighted by Gasteiger charge is 2.30. The Labute approximate surface area is 133 Å². The van der Waals surface area contributed by atoms with Crippen molar-refractivity contribution in [1.82, 2.24) is 10.6 Å². The summed E-state index contributed by atoms with van der Waals surface area (Å²) >= 11 is 0. The lowest BCUT2D eigenvalue weighted by Crippen LogP contribution is -2.37. The number of hydrogen-bond donors (Lipinski definition) is 2. The van der Waals surface area contributed by atoms with Crippen LogP contribution >= 0.6 is 0 Å². The third kappa shape index (κ3) is 4.06. The van der Waals surface area contributed by atoms with Crippen molar-refractivity contribution in [3.05, 3.63) is 35.6 Å². The van der Waals surface area contributed by atoms with Crippen molar-refractivity contribution in [1.29, 1.82) is 0 Å². The van der Waals surface area contributed by atoms with Crippen LogP contribution < -0.4 is 10.6 Å². The van der Waals surface area contributed by atoms with Gasteiger partial charge in [-0.3, -0.25) is 9.59 Å². The summed E-state index contributed by atoms with van der Waals surface area (Å²) in [6.45, 7) is 0.242. The summed E-state index contributed by atoms with van der Waals surface area (Å²) in [5.41, 5.74) is 0.751. The number of halogens is 1. The first-order valence-corrected chi connectivity index (χ1v) is 7.68. The van der Waals surface area contributed by atoms with E-state index in [0.717, 1.165) is 12.8 Å². The molecule has 122 valence electrons. The van der Waals surface area contributed by atoms with Crippen LogP contribution in [-0.2, 0) is 14.4 Å². The molecular weight excluding hydrogens is 301 g/mol. The van der Waals surface area contributed by atoms with E-state index in [-0.39, 0.29) is 31.2 Å². The molecule has 0 saturated heterocycles. The minimum Gasteiger partial charge on any atom is -0.382 e. The minimum absolute atomic E-state index is 0.0663. The van der Waals surface area contributed by atoms with Crippen molar-refractivity contribution in [2.45, 2.75) is 37.8 Å². The zero-order valence-electron chi connectivity index (χ0n) is 12.5. The average Bonchev–Trinajstić information content (AvgIpc) is 3.20. The zero-order chi connectivity index (χ0) is 16.2. The van der Waals surface area contributed by atoms with Crippen LogP contribution in [-0.4, -0.2) is 36.2 Å². The van der Waals surface area contributed by atoms with Crippen LogP contribution in [0.1, 0.15) is 31.2 Å². The Bertz CT molecular complexity index is 643. The molecule has 2 aliphatic rings. The van der Waals surface area contributed by atoms with Crippen LogP contribution in [0.3, 0.4) is 0 Å². The zero-order valence-corrected chi connectivity index (χ0v) is 12.5. The fourth-order valence-electron chi connectivity index (χ4n) is 2.31. The number of carbonyl (C=O) groups is 2. The first-order chi connectivity index (χ1) is 11.1. The molecule has 1 heterocycles. The van der Waals surface area contributed by atoms with Gasteiger partial charge in [0.2, 0.25) is 12.0 Å². The number of hydrogen-bond acceptors (Lipinski definition) is 4. The van der Waals surface area contributed by atoms with Crippen molar-refractivity contribution in [3.63, 3.8) is 0 Å². The Kier molecular flexibility index (Phi) is 4.55. The van der Waals surface area contributed by atoms with E-state index in [1.807, 2.05) is 0 Å². The van der Waals surface area contributed by atoms with Gasteiger partial charge in [-0.1, -0.05) is 23.4 Å². The minimum atomic E-state index is -0.781. The second-order valence-electron chi connectivity index (χ2n) is 5.70. The number of carbonyl (C=O) groups excluding carboxylic acids is 2. The third-order valence-electron chi connectivity index (χ3n) is 3.74. The summed E-state index contributed by atoms with van der Waals surface area (Å²) in [6.07, 6.45) is 1.72. The Hall–Kier alpha value is -2.44. The molecule has 1 aromatic carbocycles. The molecule has 2 N–H and O–H groups in total. The van der Waals surface area contributed by atoms with Gasteiger partial charge in [-0.05, 0) is 18.9 Å². The molecule has 2 amide bonds. The van der Waals surface area contributed by atoms with Crippen LogP contribution in [0.15, 0.2) is 29.4 Å². The van der Waals surface area contributed by atoms with Gasteiger partial charge in [-0.2, -0.15) is 0 Å². The van der Waals surface area contributed by atoms with Crippen LogP contribution in [0.2, 0.25) is 0 Å². The molecule has 3 rings (SSSR count). The highest BCUT2D eigenvalue weighted by Crippen LogP contribution is 2.19. The van der Waals surface area contributed by atoms with Gasteiger partial charge in [-0.15, -0.1) is 0 Å². The maximum atomic E-state index is 13.7. The lowest BCUT2D eigenvalue weighted by Gasteiger charge is -2.09. The van der Waals surface area contributed by atoms with Crippen LogP contribution in [0.5, 0.6) is 0 Å². The summed E-state index contributed by atoms with van der Waals surface area (Å²) in [4.78, 5) is 28.6. The topological polar surface area (TPSA) is 79.8 Å². The highest BCUT2D eigenvalue weighted by atomic mass is 19.1. The van der Waals surface area contributed by atoms with Gasteiger partial charge in [0, 0.05) is 31.0 Å². The van der Waals surface area contributed by atoms with E-state index < -0.39 is 11.9 Å². The van der Waals surface area contributed by atoms with Gasteiger partial charge < -0.3 is 15.5 Å². The van der Waals surface area contributed by atoms with Gasteiger partial charge in [0.05, 0.1) is 5.71 Å². The number of nitrogens with zero attached hydrogens (tertiary/aromatic N) is 1. The van der Waals surface area contributed by atoms with Crippen molar-refractivity contribution in [3.8, 4) is 0 Å². The second-order valence-corrected chi connectivity index (χ2v) is 5.70. The SMILES string of the molecule is O=C(CCNC(=O)C1CC(c2ccccc2F)=NO1)NC1CC1. The average molecular weight is 319 g/mol. The van der Waals surface area contributed by atoms with E-state index in [2.05, 4.69) is 15.8 Å². The van der Waals surface area contributed by atoms with Crippen molar-refractivity contribution >= 4 is 17.5 Å². The van der Waals surface area contributed by atoms with E-state index in [4.69, 9.17) is 4.84 Å². The standard InChI is InChI=1S/C16H18FN3O3/c17-12-4-2-1-3-11(12)13-9-14(23-20-13)16(22)18-8-7-15(21)19-10-5-6-10/h1-4,10,14H,5-9H2,(H,18,22)(H,19,21). The number of oxime groups is 1. The van der Waals surface area contributed by atoms with Crippen molar-refractivity contribution in [2.24, 2.45) is 5.16 Å². The molecule has 1 aliphatic carbocycles. The van der Waals surface area contributed by atoms with Gasteiger partial charge in [-0.25, -0.2) is 4.39 Å². The quantitative estimate of drug-likeness (QED) is 0.824. The van der Waals surface area contributed by atoms with Crippen LogP contribution in [0, 0.1) is 5.82 Å². The van der Waals surface area contributed by atoms with Gasteiger partial charge in [0.25, 0.3) is 5.91 Å². The van der Waals surface area contributed by atoms with E-state index in [9.17, 15) is 14.0 Å². The van der Waals surface area contributed by atoms with E-state index in [0.29, 0.717) is 17.3 Å². The third-order valence-corrected chi connectivity index (χ3v) is 3.74. The molecule has 1 atom stereocenters. The predicted molar refractivity (Wildman–Crippen MR) is 81.2 cm³/mol. The molecule has 0 bridgehead atoms. The molecule has 0 radical (unpaired) electrons. The predicted octanol–water partition coefficient (Wildman–Crippen LogP) is 1.10. The molecular formula is C16H18FN3O3. The maximum Gasteiger partial charge on any atom is 0.264 e. The molecule has 1 aromatic rings. The summed E-state index contributed by atoms with van der Waals surface area (Å²) in [7, 11) is 0. The van der Waals surface area contributed by atoms with Crippen molar-refractivity contribution in [2.75, 3.05) is 6.54 Å². The summed E-state index contributed by atoms with van der Waals surface area (Å²) in [5, 5.41) is 9.29. The molecule has 1 fully saturated rings. The number of benzene rings is 1. The van der Waals surface area contributed by atoms with E-state index in [1.165, 1.54) is 6.07 Å². The summed E-state index contributed by atoms with van der Waals surface area (Å²) < 4.78 is 13.7. The molecule has 1 unspecified atom stereocenters. The molecule has 6 nitrogen and oxygen atoms in total. The Morgan fingerprint density at radius 2 is 2.09 bits per heavy atom. The van der Waals surface area contributed by atoms with Crippen LogP contribution in [0.25, 0.3) is 0 Å². The van der Waals surface area contributed by atoms with E-state index >= 15 is 0 Å². The first kappa shape index (κ1) is 15.5. The van der Waals surface area contributed by atoms with Gasteiger partial charge in [0.1, 0.15) is 5.82 Å². The van der Waals surface area contributed by atoms with Gasteiger partial charge in [0.15, 0.2) is 0 Å². The fourth-order valence-corrected chi connectivity index (χ4v) is 2.31. The first-order valence-electron chi connectivity index (χ1n) is 7.68. The monoisotopic (exact) mass is 319 g/mol. The van der Waals surface area contributed by atoms with E-state index in [1.54, 1.807) is 18.2 Å². The largest absolute Gasteiger partial charge is 0.382 e. The summed E-state index contributed by atoms with van der Waals surface area (Å²) in [5.74, 6) is -0.810. The lowest BCUT2D eigenvalue weighted by atomic mass is 10.0. The van der Waals surface area contributed by atoms with Crippen LogP contribution in [0.4, 0.5) is 4.39 Å². The Morgan fingerprint density at radius 1 is 1.30 bits per heavy atom. The molecule has 7 heteroatoms. The Morgan fingerprint density at radius 3 is 2.83 bits per heavy atom. The number of rotatable bonds is 6. The lowest BCUT2D eigenvalue weighted by molar-refractivity contribution is -0.131. The normalized spacial score (nSPS) is 19.7. The Balaban J connectivity index is 1.43. The molecule has 0 spiro atoms. The molecule has 1 saturated carbocycles. The maximum absolute atomic E-state index is 13.7. The fraction of sp³-hybridized carbons (Fsp3) is 0.438. The number of amides is 2. The summed E-state index contributed by atoms with van der Waals surface area (Å²) in [6, 6.07) is 6.54. The highest BCUT2D eigenvalue weighted by molar-refractivity contribution is 6.04. The molecule has 1 aliphatic heterocycles. The van der Waals surface area contributed by atoms with Gasteiger partial charge >= 0.3 is 0 Å². The smallest absolute Gasteiger partial charge is 0.264 e. The molecule has 0 aromatic heterocycles. The van der Waals surface area contributed by atoms with Crippen molar-refractivity contribution < 1.29 is 18.8 Å². The number of nitrogens with one attached hydrogen (secondary N) is 2. The molecule has 23 heavy (non-hydrogen) atoms. The second kappa shape index (κ2) is 6.76.